The molecule has 2 aliphatic carbocycles. The second kappa shape index (κ2) is 6.95. The third-order valence-electron chi connectivity index (χ3n) is 6.03. The van der Waals surface area contributed by atoms with Gasteiger partial charge in [0, 0.05) is 5.56 Å². The lowest BCUT2D eigenvalue weighted by atomic mass is 9.85. The predicted octanol–water partition coefficient (Wildman–Crippen LogP) is 3.53. The van der Waals surface area contributed by atoms with Crippen molar-refractivity contribution in [1.29, 1.82) is 0 Å². The van der Waals surface area contributed by atoms with Crippen molar-refractivity contribution in [2.24, 2.45) is 28.8 Å². The SMILES string of the molecule is COC(=O)c1cc(-c2ccc(/C=N\N3C(=O)[C@@H]4[C@H](C3=O)[C@H]3C=C[C@@H]4C3)o2)ccc1Cl. The Kier molecular flexibility index (Phi) is 4.36. The number of hydrazone groups is 1. The smallest absolute Gasteiger partial charge is 0.339 e. The van der Waals surface area contributed by atoms with Crippen molar-refractivity contribution < 1.29 is 23.5 Å². The summed E-state index contributed by atoms with van der Waals surface area (Å²) in [6, 6.07) is 8.25. The van der Waals surface area contributed by atoms with E-state index in [0.717, 1.165) is 11.4 Å². The highest BCUT2D eigenvalue weighted by Gasteiger charge is 2.59. The van der Waals surface area contributed by atoms with Crippen LogP contribution in [0.1, 0.15) is 22.5 Å². The summed E-state index contributed by atoms with van der Waals surface area (Å²) in [6.45, 7) is 0. The van der Waals surface area contributed by atoms with Crippen LogP contribution in [0, 0.1) is 23.7 Å². The van der Waals surface area contributed by atoms with Crippen molar-refractivity contribution in [1.82, 2.24) is 5.01 Å². The molecule has 2 amide bonds. The third-order valence-corrected chi connectivity index (χ3v) is 6.36. The molecule has 4 atom stereocenters. The lowest BCUT2D eigenvalue weighted by molar-refractivity contribution is -0.140. The monoisotopic (exact) mass is 424 g/mol. The van der Waals surface area contributed by atoms with E-state index < -0.39 is 5.97 Å². The number of carbonyl (C=O) groups is 3. The van der Waals surface area contributed by atoms with E-state index in [9.17, 15) is 14.4 Å². The van der Waals surface area contributed by atoms with Gasteiger partial charge in [-0.05, 0) is 48.6 Å². The van der Waals surface area contributed by atoms with Gasteiger partial charge in [-0.2, -0.15) is 10.1 Å². The zero-order valence-electron chi connectivity index (χ0n) is 15.9. The molecule has 5 rings (SSSR count). The summed E-state index contributed by atoms with van der Waals surface area (Å²) in [7, 11) is 1.28. The summed E-state index contributed by atoms with van der Waals surface area (Å²) in [5.74, 6) is -0.479. The Hall–Kier alpha value is -3.19. The fourth-order valence-electron chi connectivity index (χ4n) is 4.64. The number of halogens is 1. The minimum atomic E-state index is -0.546. The third kappa shape index (κ3) is 2.81. The molecular formula is C22H17ClN2O5. The molecule has 1 saturated carbocycles. The molecule has 2 aromatic rings. The fraction of sp³-hybridized carbons (Fsp3) is 0.273. The maximum absolute atomic E-state index is 12.7. The van der Waals surface area contributed by atoms with Gasteiger partial charge in [-0.25, -0.2) is 4.79 Å². The molecule has 152 valence electrons. The number of hydrogen-bond acceptors (Lipinski definition) is 6. The molecule has 3 aliphatic rings. The molecule has 1 aromatic carbocycles. The van der Waals surface area contributed by atoms with Gasteiger partial charge in [0.15, 0.2) is 0 Å². The number of imide groups is 1. The first-order chi connectivity index (χ1) is 14.5. The van der Waals surface area contributed by atoms with Crippen LogP contribution in [0.2, 0.25) is 5.02 Å². The van der Waals surface area contributed by atoms with Crippen LogP contribution in [0.25, 0.3) is 11.3 Å². The molecule has 30 heavy (non-hydrogen) atoms. The molecule has 1 saturated heterocycles. The van der Waals surface area contributed by atoms with Crippen molar-refractivity contribution in [2.75, 3.05) is 7.11 Å². The average Bonchev–Trinajstić information content (AvgIpc) is 3.52. The highest BCUT2D eigenvalue weighted by atomic mass is 35.5. The highest BCUT2D eigenvalue weighted by Crippen LogP contribution is 2.52. The van der Waals surface area contributed by atoms with Crippen LogP contribution < -0.4 is 0 Å². The summed E-state index contributed by atoms with van der Waals surface area (Å²) in [4.78, 5) is 37.2. The Bertz CT molecular complexity index is 1100. The summed E-state index contributed by atoms with van der Waals surface area (Å²) in [6.07, 6.45) is 6.31. The van der Waals surface area contributed by atoms with Gasteiger partial charge >= 0.3 is 5.97 Å². The van der Waals surface area contributed by atoms with E-state index in [1.54, 1.807) is 30.3 Å². The van der Waals surface area contributed by atoms with Crippen molar-refractivity contribution >= 4 is 35.6 Å². The van der Waals surface area contributed by atoms with Crippen LogP contribution in [0.15, 0.2) is 52.0 Å². The normalized spacial score (nSPS) is 26.8. The van der Waals surface area contributed by atoms with E-state index in [1.165, 1.54) is 13.3 Å². The van der Waals surface area contributed by atoms with Crippen molar-refractivity contribution in [3.8, 4) is 11.3 Å². The van der Waals surface area contributed by atoms with E-state index in [-0.39, 0.29) is 46.1 Å². The minimum Gasteiger partial charge on any atom is -0.465 e. The number of esters is 1. The quantitative estimate of drug-likeness (QED) is 0.324. The number of methoxy groups -OCH3 is 1. The molecule has 2 fully saturated rings. The maximum atomic E-state index is 12.7. The molecule has 8 heteroatoms. The first-order valence-electron chi connectivity index (χ1n) is 9.56. The fourth-order valence-corrected chi connectivity index (χ4v) is 4.83. The lowest BCUT2D eigenvalue weighted by Gasteiger charge is -2.13. The Morgan fingerprint density at radius 2 is 1.87 bits per heavy atom. The summed E-state index contributed by atoms with van der Waals surface area (Å²) in [5.41, 5.74) is 0.858. The molecule has 7 nitrogen and oxygen atoms in total. The zero-order valence-corrected chi connectivity index (χ0v) is 16.7. The number of carbonyl (C=O) groups excluding carboxylic acids is 3. The first kappa shape index (κ1) is 18.8. The summed E-state index contributed by atoms with van der Waals surface area (Å²) in [5, 5.41) is 5.36. The number of furan rings is 1. The van der Waals surface area contributed by atoms with E-state index in [0.29, 0.717) is 17.1 Å². The summed E-state index contributed by atoms with van der Waals surface area (Å²) < 4.78 is 10.5. The van der Waals surface area contributed by atoms with Crippen LogP contribution in [-0.4, -0.2) is 36.1 Å². The standard InChI is InChI=1S/C22H17ClN2O5/c1-29-22(28)15-9-11(4-6-16(15)23)17-7-5-14(30-17)10-24-25-20(26)18-12-2-3-13(8-12)19(18)21(25)27/h2-7,9-10,12-13,18-19H,8H2,1H3/b24-10-/t12-,13+,18+,19-. The van der Waals surface area contributed by atoms with Crippen LogP contribution in [0.3, 0.4) is 0 Å². The largest absolute Gasteiger partial charge is 0.465 e. The van der Waals surface area contributed by atoms with Crippen molar-refractivity contribution in [2.45, 2.75) is 6.42 Å². The maximum Gasteiger partial charge on any atom is 0.339 e. The number of rotatable bonds is 4. The number of allylic oxidation sites excluding steroid dienone is 2. The molecular weight excluding hydrogens is 408 g/mol. The number of ether oxygens (including phenoxy) is 1. The highest BCUT2D eigenvalue weighted by molar-refractivity contribution is 6.33. The topological polar surface area (TPSA) is 89.2 Å². The molecule has 2 heterocycles. The van der Waals surface area contributed by atoms with Crippen LogP contribution in [-0.2, 0) is 14.3 Å². The van der Waals surface area contributed by atoms with Gasteiger partial charge in [-0.15, -0.1) is 0 Å². The number of benzene rings is 1. The van der Waals surface area contributed by atoms with Gasteiger partial charge in [-0.3, -0.25) is 9.59 Å². The number of hydrogen-bond donors (Lipinski definition) is 0. The van der Waals surface area contributed by atoms with E-state index in [2.05, 4.69) is 5.10 Å². The van der Waals surface area contributed by atoms with Crippen LogP contribution in [0.4, 0.5) is 0 Å². The molecule has 0 unspecified atom stereocenters. The molecule has 0 spiro atoms. The average molecular weight is 425 g/mol. The zero-order chi connectivity index (χ0) is 21.0. The van der Waals surface area contributed by atoms with Crippen molar-refractivity contribution in [3.05, 3.63) is 58.8 Å². The number of fused-ring (bicyclic) bond motifs is 5. The molecule has 1 aromatic heterocycles. The molecule has 2 bridgehead atoms. The Labute approximate surface area is 176 Å². The summed E-state index contributed by atoms with van der Waals surface area (Å²) >= 11 is 6.05. The minimum absolute atomic E-state index is 0.140. The van der Waals surface area contributed by atoms with Gasteiger partial charge < -0.3 is 9.15 Å². The van der Waals surface area contributed by atoms with Crippen molar-refractivity contribution in [3.63, 3.8) is 0 Å². The molecule has 1 aliphatic heterocycles. The first-order valence-corrected chi connectivity index (χ1v) is 9.94. The number of nitrogens with zero attached hydrogens (tertiary/aromatic N) is 2. The lowest BCUT2D eigenvalue weighted by Crippen LogP contribution is -2.28. The van der Waals surface area contributed by atoms with Gasteiger partial charge in [-0.1, -0.05) is 23.8 Å². The molecule has 0 N–H and O–H groups in total. The van der Waals surface area contributed by atoms with Gasteiger partial charge in [0.1, 0.15) is 11.5 Å². The Morgan fingerprint density at radius 3 is 2.53 bits per heavy atom. The Morgan fingerprint density at radius 1 is 1.17 bits per heavy atom. The molecule has 0 radical (unpaired) electrons. The second-order valence-corrected chi connectivity index (χ2v) is 8.03. The predicted molar refractivity (Wildman–Crippen MR) is 108 cm³/mol. The van der Waals surface area contributed by atoms with E-state index in [4.69, 9.17) is 20.8 Å². The van der Waals surface area contributed by atoms with Gasteiger partial charge in [0.25, 0.3) is 11.8 Å². The van der Waals surface area contributed by atoms with Crippen LogP contribution in [0.5, 0.6) is 0 Å². The van der Waals surface area contributed by atoms with Gasteiger partial charge in [0.05, 0.1) is 35.7 Å². The van der Waals surface area contributed by atoms with E-state index >= 15 is 0 Å². The van der Waals surface area contributed by atoms with E-state index in [1.807, 2.05) is 12.2 Å². The number of amides is 2. The Balaban J connectivity index is 1.36. The van der Waals surface area contributed by atoms with Crippen LogP contribution >= 0.6 is 11.6 Å². The van der Waals surface area contributed by atoms with Gasteiger partial charge in [0.2, 0.25) is 0 Å². The second-order valence-electron chi connectivity index (χ2n) is 7.62.